The van der Waals surface area contributed by atoms with E-state index in [1.807, 2.05) is 0 Å². The predicted octanol–water partition coefficient (Wildman–Crippen LogP) is -0.964. The molecule has 0 aliphatic carbocycles. The molecule has 5 nitrogen and oxygen atoms in total. The number of nitrogens with two attached hydrogens (primary N) is 1. The molecule has 0 amide bonds. The molecule has 0 fully saturated rings. The zero-order valence-electron chi connectivity index (χ0n) is 8.46. The van der Waals surface area contributed by atoms with Crippen molar-refractivity contribution in [2.75, 3.05) is 14.2 Å². The number of carbonyl (C=O) groups excluding carboxylic acids is 1. The first-order valence-electron chi connectivity index (χ1n) is 3.91. The number of methoxy groups -OCH3 is 1. The monoisotopic (exact) mass is 187 g/mol. The zero-order chi connectivity index (χ0) is 10.5. The van der Waals surface area contributed by atoms with Crippen LogP contribution in [0.4, 0.5) is 0 Å². The molecular weight excluding hydrogens is 171 g/mol. The summed E-state index contributed by atoms with van der Waals surface area (Å²) < 4.78 is 9.22. The summed E-state index contributed by atoms with van der Waals surface area (Å²) in [7, 11) is 4.19. The van der Waals surface area contributed by atoms with Gasteiger partial charge in [-0.3, -0.25) is 4.79 Å². The Morgan fingerprint density at radius 1 is 1.54 bits per heavy atom. The molecule has 0 saturated heterocycles. The van der Waals surface area contributed by atoms with Gasteiger partial charge in [-0.15, -0.1) is 0 Å². The fraction of sp³-hybridized carbons (Fsp3) is 0.857. The van der Waals surface area contributed by atoms with Crippen LogP contribution in [0, 0.1) is 0 Å². The molecule has 13 heavy (non-hydrogen) atoms. The van der Waals surface area contributed by atoms with Crippen LogP contribution in [0.1, 0.15) is 13.8 Å². The molecule has 0 bridgehead atoms. The summed E-state index contributed by atoms with van der Waals surface area (Å²) in [5.74, 6) is -0.456. The van der Waals surface area contributed by atoms with E-state index in [4.69, 9.17) is 10.4 Å². The average molecular weight is 187 g/mol. The molecule has 1 atom stereocenters. The highest BCUT2D eigenvalue weighted by molar-refractivity contribution is 6.23. The highest BCUT2D eigenvalue weighted by Crippen LogP contribution is 2.07. The molecule has 0 spiro atoms. The first-order valence-corrected chi connectivity index (χ1v) is 3.91. The molecule has 0 heterocycles. The summed E-state index contributed by atoms with van der Waals surface area (Å²) in [6.45, 7) is 3.56. The average Bonchev–Trinajstić information content (AvgIpc) is 2.12. The van der Waals surface area contributed by atoms with Crippen molar-refractivity contribution in [1.29, 1.82) is 0 Å². The van der Waals surface area contributed by atoms with Gasteiger partial charge in [0.1, 0.15) is 6.04 Å². The Balaban J connectivity index is 4.17. The van der Waals surface area contributed by atoms with Gasteiger partial charge in [0.15, 0.2) is 0 Å². The third kappa shape index (κ3) is 3.76. The number of hydrogen-bond acceptors (Lipinski definition) is 5. The van der Waals surface area contributed by atoms with Crippen molar-refractivity contribution in [2.24, 2.45) is 5.73 Å². The summed E-state index contributed by atoms with van der Waals surface area (Å²) in [6.07, 6.45) is 0. The van der Waals surface area contributed by atoms with E-state index in [9.17, 15) is 4.79 Å². The third-order valence-electron chi connectivity index (χ3n) is 1.78. The van der Waals surface area contributed by atoms with Crippen LogP contribution >= 0.6 is 0 Å². The van der Waals surface area contributed by atoms with Crippen LogP contribution in [0.3, 0.4) is 0 Å². The van der Waals surface area contributed by atoms with Crippen LogP contribution in [0.25, 0.3) is 0 Å². The van der Waals surface area contributed by atoms with Crippen molar-refractivity contribution in [3.8, 4) is 0 Å². The highest BCUT2D eigenvalue weighted by atomic mass is 16.5. The second-order valence-corrected chi connectivity index (χ2v) is 3.22. The topological polar surface area (TPSA) is 73.6 Å². The molecule has 0 saturated carbocycles. The predicted molar refractivity (Wildman–Crippen MR) is 50.0 cm³/mol. The van der Waals surface area contributed by atoms with Crippen LogP contribution < -0.4 is 11.0 Å². The van der Waals surface area contributed by atoms with Crippen LogP contribution in [0.2, 0.25) is 0 Å². The van der Waals surface area contributed by atoms with E-state index in [1.54, 1.807) is 13.8 Å². The first kappa shape index (κ1) is 12.4. The fourth-order valence-electron chi connectivity index (χ4n) is 0.722. The normalized spacial score (nSPS) is 13.6. The molecule has 6 heteroatoms. The largest absolute Gasteiger partial charge is 0.468 e. The Hall–Kier alpha value is -0.585. The molecule has 0 aromatic heterocycles. The molecule has 0 aliphatic heterocycles. The minimum absolute atomic E-state index is 0.456. The Morgan fingerprint density at radius 3 is 2.46 bits per heavy atom. The summed E-state index contributed by atoms with van der Waals surface area (Å²) >= 11 is 0. The van der Waals surface area contributed by atoms with E-state index in [-0.39, 0.29) is 0 Å². The zero-order valence-corrected chi connectivity index (χ0v) is 8.46. The van der Waals surface area contributed by atoms with Crippen LogP contribution in [0.15, 0.2) is 0 Å². The Bertz CT molecular complexity index is 175. The van der Waals surface area contributed by atoms with Crippen molar-refractivity contribution in [3.05, 3.63) is 0 Å². The number of rotatable bonds is 5. The van der Waals surface area contributed by atoms with Gasteiger partial charge < -0.3 is 20.4 Å². The Labute approximate surface area is 79.3 Å². The summed E-state index contributed by atoms with van der Waals surface area (Å²) in [5, 5.41) is 2.85. The summed E-state index contributed by atoms with van der Waals surface area (Å²) in [6, 6.07) is -0.733. The van der Waals surface area contributed by atoms with E-state index in [1.165, 1.54) is 21.8 Å². The smallest absolute Gasteiger partial charge is 0.396 e. The number of esters is 1. The van der Waals surface area contributed by atoms with Gasteiger partial charge in [-0.1, -0.05) is 0 Å². The van der Waals surface area contributed by atoms with Gasteiger partial charge in [0.2, 0.25) is 0 Å². The van der Waals surface area contributed by atoms with Gasteiger partial charge in [0.05, 0.1) is 7.11 Å². The maximum Gasteiger partial charge on any atom is 0.396 e. The van der Waals surface area contributed by atoms with Gasteiger partial charge in [-0.05, 0) is 13.8 Å². The SMILES string of the molecule is CO[B]NC(C)(C)[C@H](N)C(=O)OC. The second kappa shape index (κ2) is 5.21. The fourth-order valence-corrected chi connectivity index (χ4v) is 0.722. The minimum atomic E-state index is -0.733. The van der Waals surface area contributed by atoms with Gasteiger partial charge >= 0.3 is 13.6 Å². The second-order valence-electron chi connectivity index (χ2n) is 3.22. The maximum atomic E-state index is 11.1. The lowest BCUT2D eigenvalue weighted by Crippen LogP contribution is -2.59. The Kier molecular flexibility index (Phi) is 4.98. The Morgan fingerprint density at radius 2 is 2.08 bits per heavy atom. The number of hydrogen-bond donors (Lipinski definition) is 2. The highest BCUT2D eigenvalue weighted by Gasteiger charge is 2.32. The molecule has 0 aromatic rings. The standard InChI is InChI=1S/C7H16BN2O3/c1-7(2,10-8-13-4)5(9)6(11)12-3/h5,10H,9H2,1-4H3/t5-/m1/s1. The van der Waals surface area contributed by atoms with Crippen LogP contribution in [-0.4, -0.2) is 39.4 Å². The van der Waals surface area contributed by atoms with E-state index in [0.29, 0.717) is 0 Å². The van der Waals surface area contributed by atoms with E-state index in [2.05, 4.69) is 9.96 Å². The first-order chi connectivity index (χ1) is 5.95. The lowest BCUT2D eigenvalue weighted by molar-refractivity contribution is -0.143. The van der Waals surface area contributed by atoms with E-state index < -0.39 is 17.6 Å². The quantitative estimate of drug-likeness (QED) is 0.428. The van der Waals surface area contributed by atoms with E-state index >= 15 is 0 Å². The molecule has 0 unspecified atom stereocenters. The number of ether oxygens (including phenoxy) is 1. The van der Waals surface area contributed by atoms with Gasteiger partial charge in [0.25, 0.3) is 0 Å². The summed E-state index contributed by atoms with van der Waals surface area (Å²) in [5.41, 5.74) is 5.04. The lowest BCUT2D eigenvalue weighted by Gasteiger charge is -2.30. The van der Waals surface area contributed by atoms with Crippen molar-refractivity contribution in [2.45, 2.75) is 25.4 Å². The molecule has 0 aliphatic rings. The molecule has 0 aromatic carbocycles. The van der Waals surface area contributed by atoms with Crippen molar-refractivity contribution >= 4 is 13.6 Å². The molecule has 3 N–H and O–H groups in total. The minimum Gasteiger partial charge on any atom is -0.468 e. The third-order valence-corrected chi connectivity index (χ3v) is 1.78. The van der Waals surface area contributed by atoms with Crippen molar-refractivity contribution in [3.63, 3.8) is 0 Å². The number of nitrogens with one attached hydrogen (secondary N) is 1. The van der Waals surface area contributed by atoms with Gasteiger partial charge in [0, 0.05) is 12.6 Å². The molecular formula is C7H16BN2O3. The van der Waals surface area contributed by atoms with Gasteiger partial charge in [-0.2, -0.15) is 0 Å². The van der Waals surface area contributed by atoms with Crippen molar-refractivity contribution in [1.82, 2.24) is 5.23 Å². The van der Waals surface area contributed by atoms with Gasteiger partial charge in [-0.25, -0.2) is 0 Å². The summed E-state index contributed by atoms with van der Waals surface area (Å²) in [4.78, 5) is 11.1. The maximum absolute atomic E-state index is 11.1. The van der Waals surface area contributed by atoms with Crippen LogP contribution in [-0.2, 0) is 14.2 Å². The molecule has 75 valence electrons. The van der Waals surface area contributed by atoms with E-state index in [0.717, 1.165) is 0 Å². The lowest BCUT2D eigenvalue weighted by atomic mass is 9.92. The van der Waals surface area contributed by atoms with Crippen molar-refractivity contribution < 1.29 is 14.2 Å². The number of carbonyl (C=O) groups is 1. The molecule has 0 rings (SSSR count). The van der Waals surface area contributed by atoms with Crippen LogP contribution in [0.5, 0.6) is 0 Å². The molecule has 1 radical (unpaired) electrons.